The van der Waals surface area contributed by atoms with Gasteiger partial charge in [0.15, 0.2) is 0 Å². The molecule has 1 nitrogen and oxygen atoms in total. The summed E-state index contributed by atoms with van der Waals surface area (Å²) in [5.74, 6) is 0.227. The average Bonchev–Trinajstić information content (AvgIpc) is 2.73. The van der Waals surface area contributed by atoms with Crippen LogP contribution in [-0.2, 0) is 12.6 Å². The van der Waals surface area contributed by atoms with Crippen molar-refractivity contribution in [2.75, 3.05) is 13.1 Å². The summed E-state index contributed by atoms with van der Waals surface area (Å²) in [6.45, 7) is 5.45. The molecule has 2 aromatic rings. The second kappa shape index (κ2) is 9.93. The third-order valence-corrected chi connectivity index (χ3v) is 5.50. The fourth-order valence-electron chi connectivity index (χ4n) is 4.05. The Balaban J connectivity index is 1.87. The SMILES string of the molecule is C=CCCNCCC=C(c1ccc(C(F)(F)F)cc1)C1CCCc2ccccc21. The minimum absolute atomic E-state index is 0.227. The fraction of sp³-hybridized carbons (Fsp3) is 0.360. The van der Waals surface area contributed by atoms with Gasteiger partial charge in [0, 0.05) is 5.92 Å². The van der Waals surface area contributed by atoms with Crippen molar-refractivity contribution < 1.29 is 13.2 Å². The quantitative estimate of drug-likeness (QED) is 0.382. The maximum atomic E-state index is 13.0. The summed E-state index contributed by atoms with van der Waals surface area (Å²) in [6, 6.07) is 14.1. The topological polar surface area (TPSA) is 12.0 Å². The van der Waals surface area contributed by atoms with Crippen LogP contribution in [0.4, 0.5) is 13.2 Å². The molecule has 1 N–H and O–H groups in total. The number of halogens is 3. The largest absolute Gasteiger partial charge is 0.416 e. The van der Waals surface area contributed by atoms with Crippen LogP contribution in [0.3, 0.4) is 0 Å². The van der Waals surface area contributed by atoms with Gasteiger partial charge in [0.2, 0.25) is 0 Å². The third-order valence-electron chi connectivity index (χ3n) is 5.50. The number of hydrogen-bond donors (Lipinski definition) is 1. The Morgan fingerprint density at radius 1 is 1.03 bits per heavy atom. The zero-order chi connectivity index (χ0) is 20.7. The molecule has 29 heavy (non-hydrogen) atoms. The first-order valence-electron chi connectivity index (χ1n) is 10.3. The van der Waals surface area contributed by atoms with E-state index in [2.05, 4.69) is 42.2 Å². The third kappa shape index (κ3) is 5.60. The number of alkyl halides is 3. The summed E-state index contributed by atoms with van der Waals surface area (Å²) >= 11 is 0. The van der Waals surface area contributed by atoms with Gasteiger partial charge in [-0.1, -0.05) is 48.6 Å². The van der Waals surface area contributed by atoms with Gasteiger partial charge in [0.05, 0.1) is 5.56 Å². The van der Waals surface area contributed by atoms with E-state index in [0.29, 0.717) is 0 Å². The summed E-state index contributed by atoms with van der Waals surface area (Å²) in [4.78, 5) is 0. The molecule has 0 heterocycles. The van der Waals surface area contributed by atoms with E-state index in [0.717, 1.165) is 56.3 Å². The molecule has 3 rings (SSSR count). The zero-order valence-corrected chi connectivity index (χ0v) is 16.6. The minimum Gasteiger partial charge on any atom is -0.316 e. The highest BCUT2D eigenvalue weighted by Crippen LogP contribution is 2.42. The molecule has 0 bridgehead atoms. The Hall–Kier alpha value is -2.33. The van der Waals surface area contributed by atoms with E-state index >= 15 is 0 Å². The molecule has 4 heteroatoms. The normalized spacial score (nSPS) is 17.1. The van der Waals surface area contributed by atoms with E-state index in [1.165, 1.54) is 23.3 Å². The van der Waals surface area contributed by atoms with Crippen molar-refractivity contribution in [2.45, 2.75) is 44.2 Å². The van der Waals surface area contributed by atoms with Gasteiger partial charge in [-0.15, -0.1) is 6.58 Å². The summed E-state index contributed by atoms with van der Waals surface area (Å²) in [6.07, 6.45) is 4.72. The smallest absolute Gasteiger partial charge is 0.316 e. The molecule has 1 unspecified atom stereocenters. The molecular weight excluding hydrogens is 371 g/mol. The Bertz CT molecular complexity index is 834. The number of allylic oxidation sites excluding steroid dienone is 1. The molecule has 0 spiro atoms. The second-order valence-electron chi connectivity index (χ2n) is 7.49. The monoisotopic (exact) mass is 399 g/mol. The fourth-order valence-corrected chi connectivity index (χ4v) is 4.05. The molecule has 0 saturated carbocycles. The maximum Gasteiger partial charge on any atom is 0.416 e. The van der Waals surface area contributed by atoms with Gasteiger partial charge < -0.3 is 5.32 Å². The van der Waals surface area contributed by atoms with Crippen LogP contribution in [0.2, 0.25) is 0 Å². The Morgan fingerprint density at radius 3 is 2.48 bits per heavy atom. The van der Waals surface area contributed by atoms with Crippen LogP contribution in [0.1, 0.15) is 53.9 Å². The van der Waals surface area contributed by atoms with Crippen LogP contribution in [0.25, 0.3) is 5.57 Å². The summed E-state index contributed by atoms with van der Waals surface area (Å²) in [5, 5.41) is 3.38. The lowest BCUT2D eigenvalue weighted by Gasteiger charge is -2.28. The molecule has 2 aromatic carbocycles. The first-order chi connectivity index (χ1) is 14.0. The van der Waals surface area contributed by atoms with Gasteiger partial charge in [-0.3, -0.25) is 0 Å². The molecule has 0 amide bonds. The lowest BCUT2D eigenvalue weighted by Crippen LogP contribution is -2.16. The maximum absolute atomic E-state index is 13.0. The number of aryl methyl sites for hydroxylation is 1. The van der Waals surface area contributed by atoms with E-state index in [1.807, 2.05) is 6.08 Å². The predicted octanol–water partition coefficient (Wildman–Crippen LogP) is 6.76. The van der Waals surface area contributed by atoms with Crippen LogP contribution in [-0.4, -0.2) is 13.1 Å². The van der Waals surface area contributed by atoms with Crippen LogP contribution in [0, 0.1) is 0 Å². The van der Waals surface area contributed by atoms with Crippen molar-refractivity contribution in [2.24, 2.45) is 0 Å². The molecule has 0 aliphatic heterocycles. The molecule has 0 saturated heterocycles. The van der Waals surface area contributed by atoms with Gasteiger partial charge in [-0.25, -0.2) is 0 Å². The van der Waals surface area contributed by atoms with E-state index < -0.39 is 11.7 Å². The molecule has 1 aliphatic carbocycles. The van der Waals surface area contributed by atoms with E-state index in [9.17, 15) is 13.2 Å². The van der Waals surface area contributed by atoms with Crippen LogP contribution >= 0.6 is 0 Å². The van der Waals surface area contributed by atoms with Crippen molar-refractivity contribution in [3.8, 4) is 0 Å². The van der Waals surface area contributed by atoms with Crippen LogP contribution in [0.5, 0.6) is 0 Å². The van der Waals surface area contributed by atoms with Crippen molar-refractivity contribution in [1.29, 1.82) is 0 Å². The van der Waals surface area contributed by atoms with Crippen molar-refractivity contribution in [3.63, 3.8) is 0 Å². The van der Waals surface area contributed by atoms with E-state index in [4.69, 9.17) is 0 Å². The van der Waals surface area contributed by atoms with Crippen molar-refractivity contribution in [1.82, 2.24) is 5.32 Å². The highest BCUT2D eigenvalue weighted by Gasteiger charge is 2.30. The Kier molecular flexibility index (Phi) is 7.32. The molecular formula is C25H28F3N. The average molecular weight is 400 g/mol. The first-order valence-corrected chi connectivity index (χ1v) is 10.3. The number of nitrogens with one attached hydrogen (secondary N) is 1. The Morgan fingerprint density at radius 2 is 1.76 bits per heavy atom. The van der Waals surface area contributed by atoms with Crippen LogP contribution in [0.15, 0.2) is 67.3 Å². The lowest BCUT2D eigenvalue weighted by molar-refractivity contribution is -0.137. The summed E-state index contributed by atoms with van der Waals surface area (Å²) < 4.78 is 39.0. The van der Waals surface area contributed by atoms with Gasteiger partial charge >= 0.3 is 6.18 Å². The minimum atomic E-state index is -4.31. The molecule has 0 fully saturated rings. The summed E-state index contributed by atoms with van der Waals surface area (Å²) in [7, 11) is 0. The van der Waals surface area contributed by atoms with Gasteiger partial charge in [0.1, 0.15) is 0 Å². The number of rotatable bonds is 8. The van der Waals surface area contributed by atoms with Gasteiger partial charge in [-0.2, -0.15) is 13.2 Å². The van der Waals surface area contributed by atoms with Gasteiger partial charge in [0.25, 0.3) is 0 Å². The Labute approximate surface area is 171 Å². The van der Waals surface area contributed by atoms with E-state index in [-0.39, 0.29) is 5.92 Å². The summed E-state index contributed by atoms with van der Waals surface area (Å²) in [5.41, 5.74) is 4.08. The standard InChI is InChI=1S/C25H28F3N/c1-2-3-17-29-18-7-12-23(20-13-15-21(16-14-20)25(26,27)28)24-11-6-9-19-8-4-5-10-22(19)24/h2,4-5,8,10,12-16,24,29H,1,3,6-7,9,11,17-18H2. The van der Waals surface area contributed by atoms with Crippen molar-refractivity contribution in [3.05, 3.63) is 89.5 Å². The zero-order valence-electron chi connectivity index (χ0n) is 16.6. The number of hydrogen-bond acceptors (Lipinski definition) is 1. The second-order valence-corrected chi connectivity index (χ2v) is 7.49. The molecule has 0 radical (unpaired) electrons. The number of benzene rings is 2. The molecule has 154 valence electrons. The highest BCUT2D eigenvalue weighted by molar-refractivity contribution is 5.72. The predicted molar refractivity (Wildman–Crippen MR) is 114 cm³/mol. The first kappa shape index (κ1) is 21.4. The van der Waals surface area contributed by atoms with Crippen molar-refractivity contribution >= 4 is 5.57 Å². The molecule has 1 atom stereocenters. The molecule has 0 aromatic heterocycles. The van der Waals surface area contributed by atoms with Crippen LogP contribution < -0.4 is 5.32 Å². The number of fused-ring (bicyclic) bond motifs is 1. The lowest BCUT2D eigenvalue weighted by atomic mass is 9.76. The van der Waals surface area contributed by atoms with E-state index in [1.54, 1.807) is 12.1 Å². The van der Waals surface area contributed by atoms with Gasteiger partial charge in [-0.05, 0) is 79.6 Å². The highest BCUT2D eigenvalue weighted by atomic mass is 19.4. The molecule has 1 aliphatic rings.